The van der Waals surface area contributed by atoms with E-state index in [4.69, 9.17) is 10.2 Å². The van der Waals surface area contributed by atoms with Gasteiger partial charge in [-0.25, -0.2) is 9.59 Å². The van der Waals surface area contributed by atoms with E-state index in [9.17, 15) is 19.2 Å². The highest BCUT2D eigenvalue weighted by Gasteiger charge is 2.27. The maximum atomic E-state index is 11.8. The smallest absolute Gasteiger partial charge is 0.326 e. The Hall–Kier alpha value is -2.32. The lowest BCUT2D eigenvalue weighted by Crippen LogP contribution is -2.50. The summed E-state index contributed by atoms with van der Waals surface area (Å²) in [6.07, 6.45) is -0.170. The number of carbonyl (C=O) groups is 4. The quantitative estimate of drug-likeness (QED) is 0.489. The van der Waals surface area contributed by atoms with Gasteiger partial charge in [-0.1, -0.05) is 0 Å². The Morgan fingerprint density at radius 3 is 2.63 bits per heavy atom. The second kappa shape index (κ2) is 6.57. The molecule has 4 N–H and O–H groups in total. The Morgan fingerprint density at radius 2 is 2.05 bits per heavy atom. The fraction of sp³-hybridized carbons (Fsp3) is 0.600. The van der Waals surface area contributed by atoms with Crippen LogP contribution in [0.3, 0.4) is 0 Å². The van der Waals surface area contributed by atoms with Crippen LogP contribution >= 0.6 is 0 Å². The summed E-state index contributed by atoms with van der Waals surface area (Å²) in [6.45, 7) is 0.565. The first-order valence-corrected chi connectivity index (χ1v) is 5.67. The standard InChI is InChI=1S/C10H15N3O6/c14-7-5-13(3-1-2-11-7)10(19)12-6(9(17)18)4-8(15)16/h6H,1-5H2,(H,11,14)(H,12,19)(H,15,16)(H,17,18). The molecule has 1 aliphatic rings. The molecule has 0 aliphatic carbocycles. The summed E-state index contributed by atoms with van der Waals surface area (Å²) >= 11 is 0. The van der Waals surface area contributed by atoms with Crippen LogP contribution in [0.1, 0.15) is 12.8 Å². The van der Waals surface area contributed by atoms with Crippen molar-refractivity contribution >= 4 is 23.9 Å². The van der Waals surface area contributed by atoms with Crippen LogP contribution in [-0.2, 0) is 14.4 Å². The first-order valence-electron chi connectivity index (χ1n) is 5.67. The molecule has 19 heavy (non-hydrogen) atoms. The maximum absolute atomic E-state index is 11.8. The number of hydrogen-bond acceptors (Lipinski definition) is 4. The number of carbonyl (C=O) groups excluding carboxylic acids is 2. The Balaban J connectivity index is 2.62. The predicted octanol–water partition coefficient (Wildman–Crippen LogP) is -1.55. The number of carboxylic acids is 2. The van der Waals surface area contributed by atoms with Gasteiger partial charge in [0.05, 0.1) is 6.42 Å². The van der Waals surface area contributed by atoms with Crippen LogP contribution in [0.4, 0.5) is 4.79 Å². The molecule has 0 radical (unpaired) electrons. The summed E-state index contributed by atoms with van der Waals surface area (Å²) in [5.41, 5.74) is 0. The lowest BCUT2D eigenvalue weighted by atomic mass is 10.2. The molecule has 0 aromatic carbocycles. The first kappa shape index (κ1) is 14.7. The number of carboxylic acid groups (broad SMARTS) is 2. The van der Waals surface area contributed by atoms with Crippen LogP contribution in [0.5, 0.6) is 0 Å². The van der Waals surface area contributed by atoms with Gasteiger partial charge in [0.2, 0.25) is 5.91 Å². The summed E-state index contributed by atoms with van der Waals surface area (Å²) < 4.78 is 0. The van der Waals surface area contributed by atoms with Crippen LogP contribution in [-0.4, -0.2) is 64.7 Å². The van der Waals surface area contributed by atoms with E-state index < -0.39 is 30.4 Å². The van der Waals surface area contributed by atoms with Gasteiger partial charge in [0.1, 0.15) is 12.6 Å². The van der Waals surface area contributed by atoms with Crippen molar-refractivity contribution in [1.82, 2.24) is 15.5 Å². The molecule has 1 unspecified atom stereocenters. The molecule has 106 valence electrons. The molecule has 0 saturated carbocycles. The third-order valence-electron chi connectivity index (χ3n) is 2.52. The van der Waals surface area contributed by atoms with Gasteiger partial charge in [0.15, 0.2) is 0 Å². The average Bonchev–Trinajstić information content (AvgIpc) is 2.52. The number of amides is 3. The lowest BCUT2D eigenvalue weighted by molar-refractivity contribution is -0.145. The van der Waals surface area contributed by atoms with Gasteiger partial charge in [-0.15, -0.1) is 0 Å². The summed E-state index contributed by atoms with van der Waals surface area (Å²) in [6, 6.07) is -2.28. The molecule has 1 saturated heterocycles. The number of hydrogen-bond donors (Lipinski definition) is 4. The van der Waals surface area contributed by atoms with Crippen LogP contribution in [0.2, 0.25) is 0 Å². The van der Waals surface area contributed by atoms with Gasteiger partial charge >= 0.3 is 18.0 Å². The van der Waals surface area contributed by atoms with Crippen molar-refractivity contribution in [1.29, 1.82) is 0 Å². The molecule has 0 aromatic rings. The van der Waals surface area contributed by atoms with Crippen molar-refractivity contribution in [2.45, 2.75) is 18.9 Å². The summed E-state index contributed by atoms with van der Waals surface area (Å²) in [5.74, 6) is -3.10. The number of aliphatic carboxylic acids is 2. The minimum Gasteiger partial charge on any atom is -0.481 e. The van der Waals surface area contributed by atoms with Gasteiger partial charge in [-0.05, 0) is 6.42 Å². The third-order valence-corrected chi connectivity index (χ3v) is 2.52. The van der Waals surface area contributed by atoms with Gasteiger partial charge < -0.3 is 25.7 Å². The molecule has 1 heterocycles. The van der Waals surface area contributed by atoms with Gasteiger partial charge in [-0.2, -0.15) is 0 Å². The molecule has 1 fully saturated rings. The highest BCUT2D eigenvalue weighted by molar-refractivity contribution is 5.88. The monoisotopic (exact) mass is 273 g/mol. The van der Waals surface area contributed by atoms with Crippen LogP contribution in [0.15, 0.2) is 0 Å². The molecule has 1 aliphatic heterocycles. The average molecular weight is 273 g/mol. The van der Waals surface area contributed by atoms with Crippen molar-refractivity contribution in [2.24, 2.45) is 0 Å². The Labute approximate surface area is 108 Å². The second-order valence-electron chi connectivity index (χ2n) is 4.06. The summed E-state index contributed by atoms with van der Waals surface area (Å²) in [4.78, 5) is 45.5. The molecule has 0 spiro atoms. The first-order chi connectivity index (χ1) is 8.90. The van der Waals surface area contributed by atoms with Gasteiger partial charge in [0, 0.05) is 13.1 Å². The Morgan fingerprint density at radius 1 is 1.37 bits per heavy atom. The van der Waals surface area contributed by atoms with E-state index in [0.29, 0.717) is 19.5 Å². The molecular formula is C10H15N3O6. The van der Waals surface area contributed by atoms with Crippen molar-refractivity contribution in [3.8, 4) is 0 Å². The fourth-order valence-corrected chi connectivity index (χ4v) is 1.59. The van der Waals surface area contributed by atoms with E-state index in [1.807, 2.05) is 0 Å². The van der Waals surface area contributed by atoms with E-state index in [1.165, 1.54) is 0 Å². The molecule has 0 bridgehead atoms. The highest BCUT2D eigenvalue weighted by Crippen LogP contribution is 2.00. The number of nitrogens with one attached hydrogen (secondary N) is 2. The number of urea groups is 1. The second-order valence-corrected chi connectivity index (χ2v) is 4.06. The topological polar surface area (TPSA) is 136 Å². The van der Waals surface area contributed by atoms with Crippen molar-refractivity contribution in [3.05, 3.63) is 0 Å². The van der Waals surface area contributed by atoms with E-state index >= 15 is 0 Å². The van der Waals surface area contributed by atoms with Gasteiger partial charge in [0.25, 0.3) is 0 Å². The largest absolute Gasteiger partial charge is 0.481 e. The zero-order chi connectivity index (χ0) is 14.4. The summed E-state index contributed by atoms with van der Waals surface area (Å²) in [7, 11) is 0. The fourth-order valence-electron chi connectivity index (χ4n) is 1.59. The number of rotatable bonds is 4. The SMILES string of the molecule is O=C(O)CC(NC(=O)N1CCCNC(=O)C1)C(=O)O. The van der Waals surface area contributed by atoms with Crippen molar-refractivity contribution in [2.75, 3.05) is 19.6 Å². The molecule has 1 rings (SSSR count). The Bertz CT molecular complexity index is 397. The normalized spacial score (nSPS) is 17.1. The molecule has 0 aromatic heterocycles. The van der Waals surface area contributed by atoms with Gasteiger partial charge in [-0.3, -0.25) is 9.59 Å². The van der Waals surface area contributed by atoms with Crippen LogP contribution in [0, 0.1) is 0 Å². The van der Waals surface area contributed by atoms with E-state index in [-0.39, 0.29) is 12.5 Å². The minimum absolute atomic E-state index is 0.175. The summed E-state index contributed by atoms with van der Waals surface area (Å²) in [5, 5.41) is 22.0. The van der Waals surface area contributed by atoms with Crippen molar-refractivity contribution in [3.63, 3.8) is 0 Å². The molecule has 9 nitrogen and oxygen atoms in total. The zero-order valence-electron chi connectivity index (χ0n) is 10.1. The third kappa shape index (κ3) is 4.82. The van der Waals surface area contributed by atoms with E-state index in [0.717, 1.165) is 4.90 Å². The van der Waals surface area contributed by atoms with Crippen molar-refractivity contribution < 1.29 is 29.4 Å². The zero-order valence-corrected chi connectivity index (χ0v) is 10.1. The van der Waals surface area contributed by atoms with Crippen LogP contribution < -0.4 is 10.6 Å². The molecule has 1 atom stereocenters. The van der Waals surface area contributed by atoms with E-state index in [1.54, 1.807) is 0 Å². The molecular weight excluding hydrogens is 258 g/mol. The van der Waals surface area contributed by atoms with E-state index in [2.05, 4.69) is 10.6 Å². The van der Waals surface area contributed by atoms with Crippen LogP contribution in [0.25, 0.3) is 0 Å². The Kier molecular flexibility index (Phi) is 5.10. The molecule has 9 heteroatoms. The lowest BCUT2D eigenvalue weighted by Gasteiger charge is -2.22. The highest BCUT2D eigenvalue weighted by atomic mass is 16.4. The number of nitrogens with zero attached hydrogens (tertiary/aromatic N) is 1. The minimum atomic E-state index is -1.52. The molecule has 3 amide bonds. The predicted molar refractivity (Wildman–Crippen MR) is 61.4 cm³/mol. The maximum Gasteiger partial charge on any atom is 0.326 e.